The number of alkyl halides is 3. The minimum absolute atomic E-state index is 0.108. The highest BCUT2D eigenvalue weighted by Gasteiger charge is 2.36. The number of carbonyl (C=O) groups excluding carboxylic acids is 1. The fourth-order valence-electron chi connectivity index (χ4n) is 5.45. The van der Waals surface area contributed by atoms with Gasteiger partial charge in [-0.25, -0.2) is 0 Å². The fourth-order valence-corrected chi connectivity index (χ4v) is 5.45. The number of nitrogens with zero attached hydrogens (tertiary/aromatic N) is 3. The summed E-state index contributed by atoms with van der Waals surface area (Å²) in [5.41, 5.74) is 0.877. The Labute approximate surface area is 223 Å². The van der Waals surface area contributed by atoms with Crippen LogP contribution in [0.4, 0.5) is 18.9 Å². The smallest absolute Gasteiger partial charge is 0.418 e. The Balaban J connectivity index is 1.68. The molecule has 3 aromatic rings. The van der Waals surface area contributed by atoms with Crippen LogP contribution in [0.15, 0.2) is 41.2 Å². The number of hydrogen-bond acceptors (Lipinski definition) is 6. The normalized spacial score (nSPS) is 16.8. The summed E-state index contributed by atoms with van der Waals surface area (Å²) in [6, 6.07) is 8.79. The monoisotopic (exact) mass is 542 g/mol. The van der Waals surface area contributed by atoms with Crippen molar-refractivity contribution in [3.05, 3.63) is 63.4 Å². The molecule has 1 N–H and O–H groups in total. The first-order valence-electron chi connectivity index (χ1n) is 12.7. The molecule has 2 heterocycles. The summed E-state index contributed by atoms with van der Waals surface area (Å²) in [6.07, 6.45) is -2.30. The summed E-state index contributed by atoms with van der Waals surface area (Å²) in [6.45, 7) is 2.43. The van der Waals surface area contributed by atoms with Crippen LogP contribution in [0, 0.1) is 0 Å². The predicted molar refractivity (Wildman–Crippen MR) is 140 cm³/mol. The first-order chi connectivity index (χ1) is 18.6. The van der Waals surface area contributed by atoms with E-state index in [2.05, 4.69) is 10.4 Å². The molecule has 2 aromatic carbocycles. The highest BCUT2D eigenvalue weighted by atomic mass is 19.4. The molecule has 1 amide bonds. The van der Waals surface area contributed by atoms with Crippen LogP contribution in [0.3, 0.4) is 0 Å². The first kappa shape index (κ1) is 26.6. The van der Waals surface area contributed by atoms with Gasteiger partial charge in [0.25, 0.3) is 5.56 Å². The van der Waals surface area contributed by atoms with Gasteiger partial charge in [-0.05, 0) is 61.6 Å². The molecule has 0 bridgehead atoms. The zero-order chi connectivity index (χ0) is 27.9. The second-order valence-electron chi connectivity index (χ2n) is 9.81. The molecule has 1 saturated heterocycles. The Hall–Kier alpha value is -4.02. The number of halogens is 3. The summed E-state index contributed by atoms with van der Waals surface area (Å²) < 4.78 is 54.4. The number of methoxy groups -OCH3 is 2. The number of carbonyl (C=O) groups is 1. The van der Waals surface area contributed by atoms with E-state index in [-0.39, 0.29) is 17.6 Å². The van der Waals surface area contributed by atoms with Gasteiger partial charge in [0, 0.05) is 48.9 Å². The summed E-state index contributed by atoms with van der Waals surface area (Å²) in [5.74, 6) is 0.832. The minimum Gasteiger partial charge on any atom is -0.497 e. The van der Waals surface area contributed by atoms with E-state index in [1.54, 1.807) is 18.2 Å². The van der Waals surface area contributed by atoms with Gasteiger partial charge in [0.1, 0.15) is 11.5 Å². The van der Waals surface area contributed by atoms with Crippen molar-refractivity contribution in [2.45, 2.75) is 44.8 Å². The number of fused-ring (bicyclic) bond motifs is 1. The highest BCUT2D eigenvalue weighted by molar-refractivity contribution is 5.73. The molecule has 0 spiro atoms. The van der Waals surface area contributed by atoms with Crippen molar-refractivity contribution in [2.24, 2.45) is 0 Å². The van der Waals surface area contributed by atoms with Gasteiger partial charge >= 0.3 is 6.18 Å². The molecule has 1 aromatic heterocycles. The van der Waals surface area contributed by atoms with E-state index in [0.717, 1.165) is 16.3 Å². The van der Waals surface area contributed by atoms with Crippen molar-refractivity contribution in [3.8, 4) is 28.4 Å². The molecule has 1 atom stereocenters. The van der Waals surface area contributed by atoms with E-state index in [1.807, 2.05) is 4.90 Å². The fraction of sp³-hybridized carbons (Fsp3) is 0.393. The molecule has 5 rings (SSSR count). The number of benzene rings is 2. The first-order valence-corrected chi connectivity index (χ1v) is 12.7. The van der Waals surface area contributed by atoms with E-state index in [1.165, 1.54) is 33.3 Å². The largest absolute Gasteiger partial charge is 0.497 e. The predicted octanol–water partition coefficient (Wildman–Crippen LogP) is 4.14. The molecule has 1 fully saturated rings. The van der Waals surface area contributed by atoms with Gasteiger partial charge in [-0.2, -0.15) is 23.0 Å². The summed E-state index contributed by atoms with van der Waals surface area (Å²) >= 11 is 0. The molecular weight excluding hydrogens is 513 g/mol. The SMILES string of the molecule is COc1cc(OC)cc(-c2nn(-c3cc(N4CC[C@@H](NC(C)=O)C4)ccc3C(F)(F)F)c(=O)c3c2CCC3)c1. The second kappa shape index (κ2) is 10.3. The maximum Gasteiger partial charge on any atom is 0.418 e. The van der Waals surface area contributed by atoms with Crippen molar-refractivity contribution in [2.75, 3.05) is 32.2 Å². The van der Waals surface area contributed by atoms with Crippen molar-refractivity contribution >= 4 is 11.6 Å². The van der Waals surface area contributed by atoms with Gasteiger partial charge in [-0.1, -0.05) is 0 Å². The number of anilines is 1. The Bertz CT molecular complexity index is 1460. The molecule has 11 heteroatoms. The average Bonchev–Trinajstić information content (AvgIpc) is 3.58. The lowest BCUT2D eigenvalue weighted by molar-refractivity contribution is -0.137. The molecule has 1 aliphatic heterocycles. The zero-order valence-corrected chi connectivity index (χ0v) is 21.9. The lowest BCUT2D eigenvalue weighted by atomic mass is 10.0. The third-order valence-electron chi connectivity index (χ3n) is 7.25. The standard InChI is InChI=1S/C28H29F3N4O4/c1-16(36)32-18-9-10-34(15-18)19-7-8-24(28(29,30)31)25(13-19)35-27(37)23-6-4-5-22(23)26(33-35)17-11-20(38-2)14-21(12-17)39-3/h7-8,11-14,18H,4-6,9-10,15H2,1-3H3,(H,32,36)/t18-/m1/s1. The Morgan fingerprint density at radius 2 is 1.74 bits per heavy atom. The van der Waals surface area contributed by atoms with Gasteiger partial charge in [-0.3, -0.25) is 9.59 Å². The molecule has 0 saturated carbocycles. The van der Waals surface area contributed by atoms with Crippen molar-refractivity contribution in [3.63, 3.8) is 0 Å². The van der Waals surface area contributed by atoms with Gasteiger partial charge < -0.3 is 19.7 Å². The van der Waals surface area contributed by atoms with Crippen molar-refractivity contribution < 1.29 is 27.4 Å². The zero-order valence-electron chi connectivity index (χ0n) is 21.9. The van der Waals surface area contributed by atoms with Crippen LogP contribution in [-0.4, -0.2) is 49.0 Å². The summed E-state index contributed by atoms with van der Waals surface area (Å²) in [5, 5.41) is 7.41. The molecule has 0 unspecified atom stereocenters. The lowest BCUT2D eigenvalue weighted by Crippen LogP contribution is -2.35. The molecule has 206 valence electrons. The molecule has 39 heavy (non-hydrogen) atoms. The van der Waals surface area contributed by atoms with Crippen LogP contribution in [0.2, 0.25) is 0 Å². The van der Waals surface area contributed by atoms with Crippen molar-refractivity contribution in [1.29, 1.82) is 0 Å². The van der Waals surface area contributed by atoms with E-state index >= 15 is 0 Å². The maximum atomic E-state index is 14.2. The van der Waals surface area contributed by atoms with Gasteiger partial charge in [0.2, 0.25) is 5.91 Å². The van der Waals surface area contributed by atoms with Gasteiger partial charge in [-0.15, -0.1) is 0 Å². The number of aromatic nitrogens is 2. The number of nitrogens with one attached hydrogen (secondary N) is 1. The van der Waals surface area contributed by atoms with E-state index in [9.17, 15) is 22.8 Å². The van der Waals surface area contributed by atoms with Crippen LogP contribution < -0.4 is 25.2 Å². The number of rotatable bonds is 6. The third kappa shape index (κ3) is 5.17. The average molecular weight is 543 g/mol. The van der Waals surface area contributed by atoms with Gasteiger partial charge in [0.15, 0.2) is 0 Å². The number of ether oxygens (including phenoxy) is 2. The van der Waals surface area contributed by atoms with E-state index < -0.39 is 17.3 Å². The quantitative estimate of drug-likeness (QED) is 0.504. The van der Waals surface area contributed by atoms with Crippen LogP contribution in [-0.2, 0) is 23.8 Å². The van der Waals surface area contributed by atoms with Crippen LogP contribution in [0.25, 0.3) is 16.9 Å². The lowest BCUT2D eigenvalue weighted by Gasteiger charge is -2.22. The Kier molecular flexibility index (Phi) is 7.00. The van der Waals surface area contributed by atoms with Crippen LogP contribution in [0.1, 0.15) is 36.5 Å². The summed E-state index contributed by atoms with van der Waals surface area (Å²) in [4.78, 5) is 27.0. The Morgan fingerprint density at radius 1 is 1.05 bits per heavy atom. The van der Waals surface area contributed by atoms with Crippen LogP contribution >= 0.6 is 0 Å². The summed E-state index contributed by atoms with van der Waals surface area (Å²) in [7, 11) is 3.01. The van der Waals surface area contributed by atoms with E-state index in [4.69, 9.17) is 9.47 Å². The minimum atomic E-state index is -4.71. The number of amides is 1. The highest BCUT2D eigenvalue weighted by Crippen LogP contribution is 2.38. The van der Waals surface area contributed by atoms with E-state index in [0.29, 0.717) is 72.8 Å². The third-order valence-corrected chi connectivity index (χ3v) is 7.25. The number of hydrogen-bond donors (Lipinski definition) is 1. The Morgan fingerprint density at radius 3 is 2.38 bits per heavy atom. The molecular formula is C28H29F3N4O4. The maximum absolute atomic E-state index is 14.2. The second-order valence-corrected chi connectivity index (χ2v) is 9.81. The molecule has 1 aliphatic carbocycles. The van der Waals surface area contributed by atoms with Gasteiger partial charge in [0.05, 0.1) is 31.2 Å². The molecule has 2 aliphatic rings. The van der Waals surface area contributed by atoms with Crippen molar-refractivity contribution in [1.82, 2.24) is 15.1 Å². The molecule has 0 radical (unpaired) electrons. The topological polar surface area (TPSA) is 85.7 Å². The van der Waals surface area contributed by atoms with Crippen LogP contribution in [0.5, 0.6) is 11.5 Å². The molecule has 8 nitrogen and oxygen atoms in total.